The first kappa shape index (κ1) is 11.1. The van der Waals surface area contributed by atoms with Crippen LogP contribution in [0.15, 0.2) is 4.99 Å². The molecule has 1 unspecified atom stereocenters. The Labute approximate surface area is 69.7 Å². The summed E-state index contributed by atoms with van der Waals surface area (Å²) in [6.07, 6.45) is 1.17. The van der Waals surface area contributed by atoms with Crippen LogP contribution in [-0.2, 0) is 14.9 Å². The van der Waals surface area contributed by atoms with E-state index in [9.17, 15) is 13.2 Å². The molecule has 0 aromatic rings. The molecule has 70 valence electrons. The zero-order chi connectivity index (χ0) is 9.78. The Morgan fingerprint density at radius 3 is 2.42 bits per heavy atom. The Balaban J connectivity index is 4.46. The van der Waals surface area contributed by atoms with Gasteiger partial charge in [0.05, 0.1) is 0 Å². The Bertz CT molecular complexity index is 280. The predicted molar refractivity (Wildman–Crippen MR) is 42.0 cm³/mol. The number of nitrogens with zero attached hydrogens (tertiary/aromatic N) is 1. The number of carbonyl (C=O) groups is 1. The van der Waals surface area contributed by atoms with Gasteiger partial charge in [0.15, 0.2) is 6.04 Å². The molecule has 0 radical (unpaired) electrons. The summed E-state index contributed by atoms with van der Waals surface area (Å²) in [4.78, 5) is 13.6. The molecule has 1 atom stereocenters. The maximum atomic E-state index is 10.3. The maximum absolute atomic E-state index is 10.3. The number of rotatable bonds is 4. The summed E-state index contributed by atoms with van der Waals surface area (Å²) in [6, 6.07) is -1.43. The predicted octanol–water partition coefficient (Wildman–Crippen LogP) is -0.582. The zero-order valence-corrected chi connectivity index (χ0v) is 7.15. The Morgan fingerprint density at radius 1 is 1.67 bits per heavy atom. The molecule has 0 saturated carbocycles. The molecule has 0 heterocycles. The molecular weight excluding hydrogens is 186 g/mol. The zero-order valence-electron chi connectivity index (χ0n) is 6.34. The van der Waals surface area contributed by atoms with Crippen molar-refractivity contribution in [3.63, 3.8) is 0 Å². The van der Waals surface area contributed by atoms with Gasteiger partial charge in [-0.1, -0.05) is 0 Å². The van der Waals surface area contributed by atoms with E-state index in [1.807, 2.05) is 0 Å². The summed E-state index contributed by atoms with van der Waals surface area (Å²) >= 11 is 0. The number of carboxylic acid groups (broad SMARTS) is 1. The standard InChI is InChI=1S/C5H9NO5S/c1-2-6-4(5(7)8)3-12(9,10)11/h2,4H,3H2,1H3,(H,7,8)(H,9,10,11). The third-order valence-corrected chi connectivity index (χ3v) is 1.72. The fraction of sp³-hybridized carbons (Fsp3) is 0.600. The molecule has 0 aliphatic rings. The summed E-state index contributed by atoms with van der Waals surface area (Å²) in [7, 11) is -4.29. The van der Waals surface area contributed by atoms with Gasteiger partial charge in [-0.15, -0.1) is 0 Å². The highest BCUT2D eigenvalue weighted by Crippen LogP contribution is 1.95. The minimum absolute atomic E-state index is 0.896. The van der Waals surface area contributed by atoms with Gasteiger partial charge in [-0.25, -0.2) is 4.79 Å². The van der Waals surface area contributed by atoms with E-state index < -0.39 is 27.9 Å². The van der Waals surface area contributed by atoms with E-state index in [0.717, 1.165) is 0 Å². The molecule has 0 aromatic heterocycles. The van der Waals surface area contributed by atoms with Crippen molar-refractivity contribution in [2.75, 3.05) is 5.75 Å². The Morgan fingerprint density at radius 2 is 2.17 bits per heavy atom. The van der Waals surface area contributed by atoms with Gasteiger partial charge in [0.1, 0.15) is 5.75 Å². The van der Waals surface area contributed by atoms with Gasteiger partial charge in [0.25, 0.3) is 10.1 Å². The molecule has 12 heavy (non-hydrogen) atoms. The lowest BCUT2D eigenvalue weighted by Gasteiger charge is -2.02. The molecule has 0 amide bonds. The average molecular weight is 195 g/mol. The van der Waals surface area contributed by atoms with Crippen molar-refractivity contribution in [2.45, 2.75) is 13.0 Å². The average Bonchev–Trinajstić information content (AvgIpc) is 1.83. The minimum atomic E-state index is -4.29. The first-order valence-corrected chi connectivity index (χ1v) is 4.63. The first-order valence-electron chi connectivity index (χ1n) is 3.02. The number of aliphatic carboxylic acids is 1. The van der Waals surface area contributed by atoms with E-state index in [1.165, 1.54) is 13.1 Å². The van der Waals surface area contributed by atoms with E-state index in [1.54, 1.807) is 0 Å². The number of carboxylic acids is 1. The third-order valence-electron chi connectivity index (χ3n) is 0.983. The largest absolute Gasteiger partial charge is 0.480 e. The van der Waals surface area contributed by atoms with E-state index in [-0.39, 0.29) is 0 Å². The molecule has 0 bridgehead atoms. The number of hydrogen-bond acceptors (Lipinski definition) is 4. The number of hydrogen-bond donors (Lipinski definition) is 2. The minimum Gasteiger partial charge on any atom is -0.480 e. The molecule has 7 heteroatoms. The van der Waals surface area contributed by atoms with Crippen LogP contribution in [0.3, 0.4) is 0 Å². The SMILES string of the molecule is CC=NC(CS(=O)(=O)O)C(=O)O. The van der Waals surface area contributed by atoms with E-state index in [0.29, 0.717) is 0 Å². The molecule has 0 aliphatic heterocycles. The summed E-state index contributed by atoms with van der Waals surface area (Å²) in [5.74, 6) is -2.28. The molecule has 0 aromatic carbocycles. The summed E-state index contributed by atoms with van der Waals surface area (Å²) in [5, 5.41) is 8.38. The molecule has 0 saturated heterocycles. The second kappa shape index (κ2) is 4.17. The highest BCUT2D eigenvalue weighted by molar-refractivity contribution is 7.85. The Hall–Kier alpha value is -0.950. The quantitative estimate of drug-likeness (QED) is 0.461. The van der Waals surface area contributed by atoms with Crippen LogP contribution in [0.2, 0.25) is 0 Å². The van der Waals surface area contributed by atoms with Crippen LogP contribution in [0.25, 0.3) is 0 Å². The van der Waals surface area contributed by atoms with Crippen molar-refractivity contribution in [3.8, 4) is 0 Å². The van der Waals surface area contributed by atoms with Crippen molar-refractivity contribution in [1.29, 1.82) is 0 Å². The van der Waals surface area contributed by atoms with E-state index in [2.05, 4.69) is 4.99 Å². The van der Waals surface area contributed by atoms with Gasteiger partial charge >= 0.3 is 5.97 Å². The number of aliphatic imine (C=N–C) groups is 1. The monoisotopic (exact) mass is 195 g/mol. The van der Waals surface area contributed by atoms with Crippen molar-refractivity contribution in [1.82, 2.24) is 0 Å². The van der Waals surface area contributed by atoms with Gasteiger partial charge in [-0.3, -0.25) is 9.55 Å². The summed E-state index contributed by atoms with van der Waals surface area (Å²) in [5.41, 5.74) is 0. The molecule has 0 aliphatic carbocycles. The van der Waals surface area contributed by atoms with E-state index >= 15 is 0 Å². The van der Waals surface area contributed by atoms with Crippen LogP contribution in [0, 0.1) is 0 Å². The van der Waals surface area contributed by atoms with Gasteiger partial charge in [0.2, 0.25) is 0 Å². The van der Waals surface area contributed by atoms with Crippen molar-refractivity contribution >= 4 is 22.3 Å². The molecule has 0 spiro atoms. The molecule has 6 nitrogen and oxygen atoms in total. The second-order valence-corrected chi connectivity index (χ2v) is 3.51. The molecule has 0 rings (SSSR count). The highest BCUT2D eigenvalue weighted by Gasteiger charge is 2.21. The van der Waals surface area contributed by atoms with Gasteiger partial charge in [-0.05, 0) is 13.1 Å². The molecular formula is C5H9NO5S. The topological polar surface area (TPSA) is 104 Å². The van der Waals surface area contributed by atoms with Crippen LogP contribution in [-0.4, -0.2) is 42.1 Å². The van der Waals surface area contributed by atoms with Crippen LogP contribution in [0.1, 0.15) is 6.92 Å². The van der Waals surface area contributed by atoms with Gasteiger partial charge in [0, 0.05) is 0 Å². The normalized spacial score (nSPS) is 14.8. The fourth-order valence-corrected chi connectivity index (χ4v) is 1.19. The van der Waals surface area contributed by atoms with Crippen LogP contribution < -0.4 is 0 Å². The first-order chi connectivity index (χ1) is 5.37. The van der Waals surface area contributed by atoms with E-state index in [4.69, 9.17) is 9.66 Å². The summed E-state index contributed by atoms with van der Waals surface area (Å²) in [6.45, 7) is 1.46. The van der Waals surface area contributed by atoms with Crippen molar-refractivity contribution in [2.24, 2.45) is 4.99 Å². The fourth-order valence-electron chi connectivity index (χ4n) is 0.558. The second-order valence-electron chi connectivity index (χ2n) is 2.01. The highest BCUT2D eigenvalue weighted by atomic mass is 32.2. The molecule has 2 N–H and O–H groups in total. The van der Waals surface area contributed by atoms with Crippen molar-refractivity contribution < 1.29 is 22.9 Å². The molecule has 0 fully saturated rings. The van der Waals surface area contributed by atoms with Gasteiger partial charge in [-0.2, -0.15) is 8.42 Å². The summed E-state index contributed by atoms with van der Waals surface area (Å²) < 4.78 is 28.8. The lowest BCUT2D eigenvalue weighted by molar-refractivity contribution is -0.137. The lowest BCUT2D eigenvalue weighted by Crippen LogP contribution is -2.27. The van der Waals surface area contributed by atoms with Crippen LogP contribution >= 0.6 is 0 Å². The van der Waals surface area contributed by atoms with Gasteiger partial charge < -0.3 is 5.11 Å². The smallest absolute Gasteiger partial charge is 0.329 e. The lowest BCUT2D eigenvalue weighted by atomic mass is 10.4. The van der Waals surface area contributed by atoms with Crippen LogP contribution in [0.5, 0.6) is 0 Å². The van der Waals surface area contributed by atoms with Crippen molar-refractivity contribution in [3.05, 3.63) is 0 Å². The maximum Gasteiger partial charge on any atom is 0.329 e. The van der Waals surface area contributed by atoms with Crippen LogP contribution in [0.4, 0.5) is 0 Å². The third kappa shape index (κ3) is 4.80. The Kier molecular flexibility index (Phi) is 3.84.